The van der Waals surface area contributed by atoms with E-state index in [1.807, 2.05) is 0 Å². The number of hydrogen-bond acceptors (Lipinski definition) is 4. The van der Waals surface area contributed by atoms with E-state index in [-0.39, 0.29) is 6.04 Å². The first-order valence-electron chi connectivity index (χ1n) is 6.77. The maximum atomic E-state index is 12.3. The molecule has 0 aliphatic carbocycles. The Balaban J connectivity index is 3.17. The molecule has 0 bridgehead atoms. The van der Waals surface area contributed by atoms with Gasteiger partial charge in [0.1, 0.15) is 5.60 Å². The maximum absolute atomic E-state index is 12.3. The highest BCUT2D eigenvalue weighted by Crippen LogP contribution is 2.25. The van der Waals surface area contributed by atoms with Gasteiger partial charge in [0.05, 0.1) is 0 Å². The van der Waals surface area contributed by atoms with E-state index in [1.165, 1.54) is 11.1 Å². The number of carbonyl (C=O) groups excluding carboxylic acids is 1. The first-order valence-corrected chi connectivity index (χ1v) is 6.77. The van der Waals surface area contributed by atoms with Gasteiger partial charge in [0.25, 0.3) is 0 Å². The van der Waals surface area contributed by atoms with Gasteiger partial charge < -0.3 is 9.84 Å². The number of carbonyl (C=O) groups is 2. The van der Waals surface area contributed by atoms with Crippen molar-refractivity contribution in [2.75, 3.05) is 0 Å². The molecule has 0 radical (unpaired) electrons. The Morgan fingerprint density at radius 3 is 2.33 bits per heavy atom. The number of amides is 1. The van der Waals surface area contributed by atoms with Crippen molar-refractivity contribution in [3.63, 3.8) is 0 Å². The summed E-state index contributed by atoms with van der Waals surface area (Å²) >= 11 is 0. The third-order valence-electron chi connectivity index (χ3n) is 2.67. The third-order valence-corrected chi connectivity index (χ3v) is 2.67. The summed E-state index contributed by atoms with van der Waals surface area (Å²) in [6, 6.07) is 1.81. The Kier molecular flexibility index (Phi) is 5.29. The lowest BCUT2D eigenvalue weighted by Gasteiger charge is -2.34. The van der Waals surface area contributed by atoms with Gasteiger partial charge in [-0.2, -0.15) is 0 Å². The molecular weight excluding hydrogens is 272 g/mol. The number of ether oxygens (including phenoxy) is 1. The number of carboxylic acids is 1. The Bertz CT molecular complexity index is 494. The van der Waals surface area contributed by atoms with Crippen molar-refractivity contribution in [1.82, 2.24) is 9.88 Å². The minimum absolute atomic E-state index is 0.332. The lowest BCUT2D eigenvalue weighted by atomic mass is 10.1. The number of nitrogens with zero attached hydrogens (tertiary/aromatic N) is 2. The molecule has 1 N–H and O–H groups in total. The Hall–Kier alpha value is -2.11. The molecule has 0 aromatic carbocycles. The van der Waals surface area contributed by atoms with Crippen molar-refractivity contribution >= 4 is 12.1 Å². The average Bonchev–Trinajstić information content (AvgIpc) is 2.33. The van der Waals surface area contributed by atoms with E-state index in [0.29, 0.717) is 5.56 Å². The van der Waals surface area contributed by atoms with Crippen LogP contribution in [0.15, 0.2) is 24.5 Å². The summed E-state index contributed by atoms with van der Waals surface area (Å²) in [6.45, 7) is 8.71. The number of rotatable bonds is 4. The second kappa shape index (κ2) is 6.56. The van der Waals surface area contributed by atoms with Crippen LogP contribution in [0.3, 0.4) is 0 Å². The molecule has 0 spiro atoms. The largest absolute Gasteiger partial charge is 0.479 e. The van der Waals surface area contributed by atoms with E-state index in [2.05, 4.69) is 4.98 Å². The molecule has 21 heavy (non-hydrogen) atoms. The van der Waals surface area contributed by atoms with Gasteiger partial charge in [-0.05, 0) is 40.7 Å². The van der Waals surface area contributed by atoms with Gasteiger partial charge in [0, 0.05) is 24.0 Å². The van der Waals surface area contributed by atoms with Crippen LogP contribution in [0, 0.1) is 0 Å². The molecule has 1 aromatic rings. The number of aliphatic carboxylic acids is 1. The lowest BCUT2D eigenvalue weighted by Crippen LogP contribution is -2.45. The zero-order valence-electron chi connectivity index (χ0n) is 13.0. The van der Waals surface area contributed by atoms with E-state index in [4.69, 9.17) is 4.74 Å². The minimum atomic E-state index is -1.13. The van der Waals surface area contributed by atoms with Crippen molar-refractivity contribution < 1.29 is 19.4 Å². The van der Waals surface area contributed by atoms with Crippen LogP contribution >= 0.6 is 0 Å². The van der Waals surface area contributed by atoms with Gasteiger partial charge in [0.15, 0.2) is 6.04 Å². The van der Waals surface area contributed by atoms with Crippen LogP contribution in [0.2, 0.25) is 0 Å². The lowest BCUT2D eigenvalue weighted by molar-refractivity contribution is -0.144. The first kappa shape index (κ1) is 16.9. The first-order chi connectivity index (χ1) is 9.63. The number of aromatic nitrogens is 1. The standard InChI is InChI=1S/C15H22N2O4/c1-10(2)17(14(20)21-15(3,4)5)12(13(18)19)11-7-6-8-16-9-11/h6-10,12H,1-5H3,(H,18,19). The molecule has 6 nitrogen and oxygen atoms in total. The van der Waals surface area contributed by atoms with Gasteiger partial charge in [-0.15, -0.1) is 0 Å². The highest BCUT2D eigenvalue weighted by atomic mass is 16.6. The topological polar surface area (TPSA) is 79.7 Å². The van der Waals surface area contributed by atoms with E-state index < -0.39 is 23.7 Å². The van der Waals surface area contributed by atoms with Crippen molar-refractivity contribution in [3.8, 4) is 0 Å². The summed E-state index contributed by atoms with van der Waals surface area (Å²) in [7, 11) is 0. The minimum Gasteiger partial charge on any atom is -0.479 e. The number of carboxylic acid groups (broad SMARTS) is 1. The van der Waals surface area contributed by atoms with Gasteiger partial charge >= 0.3 is 12.1 Å². The van der Waals surface area contributed by atoms with Crippen molar-refractivity contribution in [1.29, 1.82) is 0 Å². The normalized spacial score (nSPS) is 12.9. The van der Waals surface area contributed by atoms with Crippen molar-refractivity contribution in [2.45, 2.75) is 52.3 Å². The van der Waals surface area contributed by atoms with Crippen LogP contribution in [-0.2, 0) is 9.53 Å². The van der Waals surface area contributed by atoms with E-state index in [0.717, 1.165) is 0 Å². The molecule has 0 aliphatic rings. The van der Waals surface area contributed by atoms with Crippen LogP contribution in [-0.4, -0.2) is 38.7 Å². The van der Waals surface area contributed by atoms with Gasteiger partial charge in [0.2, 0.25) is 0 Å². The fourth-order valence-corrected chi connectivity index (χ4v) is 1.89. The van der Waals surface area contributed by atoms with Crippen LogP contribution in [0.1, 0.15) is 46.2 Å². The zero-order valence-corrected chi connectivity index (χ0v) is 13.0. The molecule has 1 rings (SSSR count). The van der Waals surface area contributed by atoms with Gasteiger partial charge in [-0.3, -0.25) is 9.88 Å². The summed E-state index contributed by atoms with van der Waals surface area (Å²) in [5, 5.41) is 9.52. The average molecular weight is 294 g/mol. The molecule has 6 heteroatoms. The maximum Gasteiger partial charge on any atom is 0.411 e. The van der Waals surface area contributed by atoms with Crippen molar-refractivity contribution in [2.24, 2.45) is 0 Å². The molecule has 0 fully saturated rings. The van der Waals surface area contributed by atoms with Crippen molar-refractivity contribution in [3.05, 3.63) is 30.1 Å². The van der Waals surface area contributed by atoms with E-state index in [1.54, 1.807) is 52.9 Å². The zero-order chi connectivity index (χ0) is 16.2. The fourth-order valence-electron chi connectivity index (χ4n) is 1.89. The number of pyridine rings is 1. The molecule has 1 heterocycles. The fraction of sp³-hybridized carbons (Fsp3) is 0.533. The summed E-state index contributed by atoms with van der Waals surface area (Å²) < 4.78 is 5.32. The molecular formula is C15H22N2O4. The Morgan fingerprint density at radius 1 is 1.33 bits per heavy atom. The SMILES string of the molecule is CC(C)N(C(=O)OC(C)(C)C)C(C(=O)O)c1cccnc1. The van der Waals surface area contributed by atoms with E-state index in [9.17, 15) is 14.7 Å². The third kappa shape index (κ3) is 4.73. The van der Waals surface area contributed by atoms with E-state index >= 15 is 0 Å². The number of hydrogen-bond donors (Lipinski definition) is 1. The summed E-state index contributed by atoms with van der Waals surface area (Å²) in [6.07, 6.45) is 2.34. The molecule has 0 saturated carbocycles. The monoisotopic (exact) mass is 294 g/mol. The molecule has 1 unspecified atom stereocenters. The molecule has 116 valence electrons. The Labute approximate surface area is 124 Å². The van der Waals surface area contributed by atoms with Gasteiger partial charge in [-0.25, -0.2) is 9.59 Å². The summed E-state index contributed by atoms with van der Waals surface area (Å²) in [5.41, 5.74) is -0.257. The second-order valence-electron chi connectivity index (χ2n) is 6.01. The van der Waals surface area contributed by atoms with Crippen LogP contribution < -0.4 is 0 Å². The van der Waals surface area contributed by atoms with Gasteiger partial charge in [-0.1, -0.05) is 6.07 Å². The highest BCUT2D eigenvalue weighted by Gasteiger charge is 2.36. The predicted molar refractivity (Wildman–Crippen MR) is 77.8 cm³/mol. The molecule has 1 aromatic heterocycles. The molecule has 1 amide bonds. The Morgan fingerprint density at radius 2 is 1.95 bits per heavy atom. The predicted octanol–water partition coefficient (Wildman–Crippen LogP) is 2.85. The second-order valence-corrected chi connectivity index (χ2v) is 6.01. The molecule has 0 saturated heterocycles. The smallest absolute Gasteiger partial charge is 0.411 e. The summed E-state index contributed by atoms with van der Waals surface area (Å²) in [4.78, 5) is 29.1. The summed E-state index contributed by atoms with van der Waals surface area (Å²) in [5.74, 6) is -1.12. The van der Waals surface area contributed by atoms with Crippen LogP contribution in [0.4, 0.5) is 4.79 Å². The van der Waals surface area contributed by atoms with Crippen LogP contribution in [0.25, 0.3) is 0 Å². The quantitative estimate of drug-likeness (QED) is 0.923. The van der Waals surface area contributed by atoms with Crippen LogP contribution in [0.5, 0.6) is 0 Å². The molecule has 0 aliphatic heterocycles. The molecule has 1 atom stereocenters. The highest BCUT2D eigenvalue weighted by molar-refractivity contribution is 5.81.